The van der Waals surface area contributed by atoms with Gasteiger partial charge in [-0.1, -0.05) is 36.4 Å². The standard InChI is InChI=1S/C13H13N3O3S/c14-20(18,19)15-16(12-9-5-2-6-10-12)13(17)11-7-3-1-4-8-11/h1-10,15H,(H2,14,18,19). The molecule has 0 aliphatic carbocycles. The molecule has 2 aromatic rings. The minimum absolute atomic E-state index is 0.340. The second-order valence-electron chi connectivity index (χ2n) is 3.98. The Bertz CT molecular complexity index is 687. The molecule has 0 aliphatic heterocycles. The lowest BCUT2D eigenvalue weighted by molar-refractivity contribution is 0.0981. The summed E-state index contributed by atoms with van der Waals surface area (Å²) in [4.78, 5) is 14.4. The molecule has 0 aromatic heterocycles. The Morgan fingerprint density at radius 1 is 0.950 bits per heavy atom. The van der Waals surface area contributed by atoms with Crippen molar-refractivity contribution < 1.29 is 13.2 Å². The van der Waals surface area contributed by atoms with Gasteiger partial charge in [-0.3, -0.25) is 4.79 Å². The van der Waals surface area contributed by atoms with E-state index >= 15 is 0 Å². The SMILES string of the molecule is NS(=O)(=O)NN(C(=O)c1ccccc1)c1ccccc1. The van der Waals surface area contributed by atoms with Gasteiger partial charge in [-0.2, -0.15) is 8.42 Å². The summed E-state index contributed by atoms with van der Waals surface area (Å²) in [5.41, 5.74) is 0.711. The number of nitrogens with one attached hydrogen (secondary N) is 1. The highest BCUT2D eigenvalue weighted by Gasteiger charge is 2.21. The molecule has 0 saturated carbocycles. The number of nitrogens with two attached hydrogens (primary N) is 1. The van der Waals surface area contributed by atoms with Crippen molar-refractivity contribution in [2.45, 2.75) is 0 Å². The quantitative estimate of drug-likeness (QED) is 0.824. The fraction of sp³-hybridized carbons (Fsp3) is 0. The van der Waals surface area contributed by atoms with Crippen LogP contribution in [0.5, 0.6) is 0 Å². The van der Waals surface area contributed by atoms with E-state index < -0.39 is 16.1 Å². The van der Waals surface area contributed by atoms with E-state index in [1.54, 1.807) is 60.7 Å². The summed E-state index contributed by atoms with van der Waals surface area (Å²) in [5.74, 6) is -0.522. The Morgan fingerprint density at radius 2 is 1.45 bits per heavy atom. The van der Waals surface area contributed by atoms with Crippen LogP contribution in [0.4, 0.5) is 5.69 Å². The van der Waals surface area contributed by atoms with Gasteiger partial charge in [0.2, 0.25) is 0 Å². The Morgan fingerprint density at radius 3 is 1.95 bits per heavy atom. The first-order valence-corrected chi connectivity index (χ1v) is 7.27. The predicted molar refractivity (Wildman–Crippen MR) is 75.9 cm³/mol. The Balaban J connectivity index is 2.40. The van der Waals surface area contributed by atoms with Crippen LogP contribution in [-0.2, 0) is 10.2 Å². The van der Waals surface area contributed by atoms with Gasteiger partial charge in [0.05, 0.1) is 5.69 Å². The van der Waals surface area contributed by atoms with Crippen molar-refractivity contribution in [2.24, 2.45) is 5.14 Å². The van der Waals surface area contributed by atoms with E-state index in [0.29, 0.717) is 11.3 Å². The largest absolute Gasteiger partial charge is 0.291 e. The highest BCUT2D eigenvalue weighted by molar-refractivity contribution is 7.87. The first kappa shape index (κ1) is 14.2. The average Bonchev–Trinajstić information content (AvgIpc) is 2.45. The van der Waals surface area contributed by atoms with Crippen molar-refractivity contribution >= 4 is 21.8 Å². The third kappa shape index (κ3) is 3.64. The lowest BCUT2D eigenvalue weighted by Gasteiger charge is -2.22. The maximum atomic E-state index is 12.4. The summed E-state index contributed by atoms with van der Waals surface area (Å²) >= 11 is 0. The Kier molecular flexibility index (Phi) is 4.14. The van der Waals surface area contributed by atoms with E-state index in [9.17, 15) is 13.2 Å². The molecule has 0 fully saturated rings. The number of anilines is 1. The van der Waals surface area contributed by atoms with E-state index in [0.717, 1.165) is 5.01 Å². The second kappa shape index (κ2) is 5.83. The topological polar surface area (TPSA) is 92.5 Å². The summed E-state index contributed by atoms with van der Waals surface area (Å²) in [6.07, 6.45) is 0. The first-order valence-electron chi connectivity index (χ1n) is 5.72. The predicted octanol–water partition coefficient (Wildman–Crippen LogP) is 1.04. The smallest absolute Gasteiger partial charge is 0.267 e. The van der Waals surface area contributed by atoms with Gasteiger partial charge in [-0.05, 0) is 24.3 Å². The molecular weight excluding hydrogens is 278 g/mol. The van der Waals surface area contributed by atoms with Crippen molar-refractivity contribution in [3.63, 3.8) is 0 Å². The normalized spacial score (nSPS) is 11.1. The van der Waals surface area contributed by atoms with Gasteiger partial charge in [-0.25, -0.2) is 10.1 Å². The zero-order valence-corrected chi connectivity index (χ0v) is 11.2. The number of hydrogen-bond acceptors (Lipinski definition) is 3. The van der Waals surface area contributed by atoms with Gasteiger partial charge in [0.25, 0.3) is 16.1 Å². The molecule has 0 heterocycles. The van der Waals surface area contributed by atoms with Crippen LogP contribution in [-0.4, -0.2) is 14.3 Å². The summed E-state index contributed by atoms with van der Waals surface area (Å²) < 4.78 is 22.4. The summed E-state index contributed by atoms with van der Waals surface area (Å²) in [5, 5.41) is 5.85. The van der Waals surface area contributed by atoms with Gasteiger partial charge >= 0.3 is 0 Å². The van der Waals surface area contributed by atoms with Crippen LogP contribution in [0.25, 0.3) is 0 Å². The molecule has 0 bridgehead atoms. The van der Waals surface area contributed by atoms with Crippen LogP contribution in [0.2, 0.25) is 0 Å². The minimum Gasteiger partial charge on any atom is -0.267 e. The van der Waals surface area contributed by atoms with Gasteiger partial charge in [0.1, 0.15) is 0 Å². The summed E-state index contributed by atoms with van der Waals surface area (Å²) in [7, 11) is -4.07. The van der Waals surface area contributed by atoms with Crippen LogP contribution in [0.1, 0.15) is 10.4 Å². The van der Waals surface area contributed by atoms with E-state index in [2.05, 4.69) is 0 Å². The van der Waals surface area contributed by atoms with Crippen LogP contribution < -0.4 is 15.0 Å². The third-order valence-electron chi connectivity index (χ3n) is 2.46. The van der Waals surface area contributed by atoms with Crippen LogP contribution in [0, 0.1) is 0 Å². The summed E-state index contributed by atoms with van der Waals surface area (Å²) in [6.45, 7) is 0. The summed E-state index contributed by atoms with van der Waals surface area (Å²) in [6, 6.07) is 16.6. The minimum atomic E-state index is -4.07. The molecule has 0 unspecified atom stereocenters. The fourth-order valence-corrected chi connectivity index (χ4v) is 2.07. The molecule has 0 aliphatic rings. The molecule has 0 saturated heterocycles. The van der Waals surface area contributed by atoms with Crippen molar-refractivity contribution in [1.29, 1.82) is 0 Å². The molecule has 0 atom stereocenters. The number of amides is 1. The van der Waals surface area contributed by atoms with Gasteiger partial charge in [0, 0.05) is 5.56 Å². The van der Waals surface area contributed by atoms with Crippen LogP contribution in [0.3, 0.4) is 0 Å². The molecule has 6 nitrogen and oxygen atoms in total. The first-order chi connectivity index (χ1) is 9.47. The number of benzene rings is 2. The zero-order chi connectivity index (χ0) is 14.6. The maximum Gasteiger partial charge on any atom is 0.291 e. The molecule has 2 rings (SSSR count). The Hall–Kier alpha value is -2.22. The monoisotopic (exact) mass is 291 g/mol. The van der Waals surface area contributed by atoms with Crippen molar-refractivity contribution in [3.8, 4) is 0 Å². The van der Waals surface area contributed by atoms with E-state index in [4.69, 9.17) is 5.14 Å². The lowest BCUT2D eigenvalue weighted by Crippen LogP contribution is -2.49. The van der Waals surface area contributed by atoms with Crippen molar-refractivity contribution in [2.75, 3.05) is 5.01 Å². The molecular formula is C13H13N3O3S. The van der Waals surface area contributed by atoms with Crippen molar-refractivity contribution in [3.05, 3.63) is 66.2 Å². The maximum absolute atomic E-state index is 12.4. The Labute approximate surface area is 117 Å². The third-order valence-corrected chi connectivity index (χ3v) is 2.89. The van der Waals surface area contributed by atoms with E-state index in [1.807, 2.05) is 4.83 Å². The highest BCUT2D eigenvalue weighted by Crippen LogP contribution is 2.15. The molecule has 3 N–H and O–H groups in total. The number of carbonyl (C=O) groups is 1. The molecule has 104 valence electrons. The average molecular weight is 291 g/mol. The van der Waals surface area contributed by atoms with Crippen LogP contribution >= 0.6 is 0 Å². The molecule has 2 aromatic carbocycles. The van der Waals surface area contributed by atoms with E-state index in [1.165, 1.54) is 0 Å². The molecule has 1 amide bonds. The van der Waals surface area contributed by atoms with E-state index in [-0.39, 0.29) is 0 Å². The number of hydrogen-bond donors (Lipinski definition) is 2. The molecule has 7 heteroatoms. The number of rotatable bonds is 4. The molecule has 0 spiro atoms. The zero-order valence-electron chi connectivity index (χ0n) is 10.4. The number of hydrazine groups is 1. The highest BCUT2D eigenvalue weighted by atomic mass is 32.2. The van der Waals surface area contributed by atoms with Gasteiger partial charge < -0.3 is 0 Å². The van der Waals surface area contributed by atoms with Crippen LogP contribution in [0.15, 0.2) is 60.7 Å². The second-order valence-corrected chi connectivity index (χ2v) is 5.25. The number of para-hydroxylation sites is 1. The fourth-order valence-electron chi connectivity index (χ4n) is 1.63. The number of carbonyl (C=O) groups excluding carboxylic acids is 1. The molecule has 20 heavy (non-hydrogen) atoms. The van der Waals surface area contributed by atoms with Gasteiger partial charge in [-0.15, -0.1) is 4.83 Å². The van der Waals surface area contributed by atoms with Gasteiger partial charge in [0.15, 0.2) is 0 Å². The lowest BCUT2D eigenvalue weighted by atomic mass is 10.2. The van der Waals surface area contributed by atoms with Crippen molar-refractivity contribution in [1.82, 2.24) is 4.83 Å². The molecule has 0 radical (unpaired) electrons. The number of nitrogens with zero attached hydrogens (tertiary/aromatic N) is 1.